The molecule has 0 bridgehead atoms. The molecule has 4 fully saturated rings. The first-order valence-electron chi connectivity index (χ1n) is 7.61. The van der Waals surface area contributed by atoms with E-state index in [9.17, 15) is 4.79 Å². The summed E-state index contributed by atoms with van der Waals surface area (Å²) in [7, 11) is 0. The molecule has 6 nitrogen and oxygen atoms in total. The summed E-state index contributed by atoms with van der Waals surface area (Å²) in [6, 6.07) is 0. The molecule has 21 heavy (non-hydrogen) atoms. The van der Waals surface area contributed by atoms with Gasteiger partial charge in [-0.25, -0.2) is 0 Å². The fourth-order valence-electron chi connectivity index (χ4n) is 4.18. The zero-order valence-electron chi connectivity index (χ0n) is 12.8. The van der Waals surface area contributed by atoms with Gasteiger partial charge in [-0.2, -0.15) is 0 Å². The van der Waals surface area contributed by atoms with E-state index in [2.05, 4.69) is 0 Å². The largest absolute Gasteiger partial charge is 0.459 e. The normalized spacial score (nSPS) is 50.0. The summed E-state index contributed by atoms with van der Waals surface area (Å²) in [5, 5.41) is 0. The van der Waals surface area contributed by atoms with E-state index in [1.807, 2.05) is 27.7 Å². The molecule has 4 heterocycles. The summed E-state index contributed by atoms with van der Waals surface area (Å²) in [6.07, 6.45) is -0.579. The van der Waals surface area contributed by atoms with Gasteiger partial charge < -0.3 is 23.7 Å². The molecule has 0 saturated carbocycles. The molecule has 0 amide bonds. The van der Waals surface area contributed by atoms with Crippen LogP contribution in [0.2, 0.25) is 0 Å². The smallest absolute Gasteiger partial charge is 0.306 e. The lowest BCUT2D eigenvalue weighted by Gasteiger charge is -2.49. The number of fused-ring (bicyclic) bond motifs is 5. The van der Waals surface area contributed by atoms with Gasteiger partial charge in [-0.3, -0.25) is 4.79 Å². The van der Waals surface area contributed by atoms with Crippen molar-refractivity contribution in [2.24, 2.45) is 11.8 Å². The summed E-state index contributed by atoms with van der Waals surface area (Å²) in [4.78, 5) is 11.9. The van der Waals surface area contributed by atoms with Gasteiger partial charge in [0.15, 0.2) is 12.1 Å². The van der Waals surface area contributed by atoms with Gasteiger partial charge in [0.05, 0.1) is 19.1 Å². The summed E-state index contributed by atoms with van der Waals surface area (Å²) in [5.41, 5.74) is -0.521. The Balaban J connectivity index is 1.59. The van der Waals surface area contributed by atoms with Gasteiger partial charge in [-0.1, -0.05) is 0 Å². The molecule has 0 aromatic carbocycles. The molecular formula is C15H22O6. The number of rotatable bonds is 0. The van der Waals surface area contributed by atoms with Crippen LogP contribution in [0.3, 0.4) is 0 Å². The third-order valence-corrected chi connectivity index (χ3v) is 5.11. The van der Waals surface area contributed by atoms with Crippen LogP contribution in [0.25, 0.3) is 0 Å². The second-order valence-corrected chi connectivity index (χ2v) is 7.42. The number of hydrogen-bond acceptors (Lipinski definition) is 6. The average Bonchev–Trinajstić information content (AvgIpc) is 2.80. The van der Waals surface area contributed by atoms with Gasteiger partial charge >= 0.3 is 5.97 Å². The van der Waals surface area contributed by atoms with Gasteiger partial charge in [-0.05, 0) is 27.7 Å². The predicted molar refractivity (Wildman–Crippen MR) is 70.2 cm³/mol. The van der Waals surface area contributed by atoms with Crippen LogP contribution in [0.5, 0.6) is 0 Å². The predicted octanol–water partition coefficient (Wildman–Crippen LogP) is 1.22. The van der Waals surface area contributed by atoms with E-state index in [1.54, 1.807) is 0 Å². The van der Waals surface area contributed by atoms with Crippen LogP contribution in [0, 0.1) is 11.8 Å². The molecule has 4 aliphatic rings. The van der Waals surface area contributed by atoms with Crippen molar-refractivity contribution >= 4 is 5.97 Å². The summed E-state index contributed by atoms with van der Waals surface area (Å²) in [6.45, 7) is 8.18. The van der Waals surface area contributed by atoms with E-state index in [0.717, 1.165) is 0 Å². The molecule has 6 heteroatoms. The van der Waals surface area contributed by atoms with E-state index in [0.29, 0.717) is 13.0 Å². The Hall–Kier alpha value is -0.690. The Labute approximate surface area is 124 Å². The lowest BCUT2D eigenvalue weighted by Crippen LogP contribution is -2.58. The standard InChI is InChI=1S/C15H22O6/c1-14(2)8-6-17-11-10(7(8)5-9(16)19-14)18-13-12(11)20-15(3,4)21-13/h7-8,10-13H,5-6H2,1-4H3/t7-,8-,10+,11-,12+,13+/m0/s1. The van der Waals surface area contributed by atoms with Gasteiger partial charge in [0.25, 0.3) is 0 Å². The quantitative estimate of drug-likeness (QED) is 0.627. The van der Waals surface area contributed by atoms with Crippen molar-refractivity contribution in [3.8, 4) is 0 Å². The van der Waals surface area contributed by atoms with Crippen LogP contribution >= 0.6 is 0 Å². The minimum absolute atomic E-state index is 0.0981. The number of carbonyl (C=O) groups is 1. The number of hydrogen-bond donors (Lipinski definition) is 0. The van der Waals surface area contributed by atoms with Crippen molar-refractivity contribution in [2.75, 3.05) is 6.61 Å². The molecule has 6 atom stereocenters. The average molecular weight is 298 g/mol. The Morgan fingerprint density at radius 2 is 1.81 bits per heavy atom. The van der Waals surface area contributed by atoms with E-state index in [-0.39, 0.29) is 36.1 Å². The first-order valence-corrected chi connectivity index (χ1v) is 7.61. The molecule has 0 aromatic heterocycles. The summed E-state index contributed by atoms with van der Waals surface area (Å²) in [5.74, 6) is -0.570. The van der Waals surface area contributed by atoms with Gasteiger partial charge in [0, 0.05) is 11.8 Å². The Morgan fingerprint density at radius 1 is 1.05 bits per heavy atom. The maximum absolute atomic E-state index is 11.9. The molecule has 4 aliphatic heterocycles. The third-order valence-electron chi connectivity index (χ3n) is 5.11. The van der Waals surface area contributed by atoms with Crippen LogP contribution in [0.1, 0.15) is 34.1 Å². The lowest BCUT2D eigenvalue weighted by atomic mass is 9.71. The summed E-state index contributed by atoms with van der Waals surface area (Å²) >= 11 is 0. The fraction of sp³-hybridized carbons (Fsp3) is 0.933. The Bertz CT molecular complexity index is 473. The SMILES string of the molecule is CC1(C)O[C@H]2O[C@@H]3[C@H]4CC(=O)OC(C)(C)[C@H]4CO[C@@H]3[C@H]2O1. The number of esters is 1. The highest BCUT2D eigenvalue weighted by atomic mass is 16.8. The van der Waals surface area contributed by atoms with Crippen molar-refractivity contribution in [3.05, 3.63) is 0 Å². The molecule has 0 N–H and O–H groups in total. The molecular weight excluding hydrogens is 276 g/mol. The molecule has 0 spiro atoms. The van der Waals surface area contributed by atoms with E-state index in [1.165, 1.54) is 0 Å². The van der Waals surface area contributed by atoms with E-state index < -0.39 is 17.7 Å². The first kappa shape index (κ1) is 13.9. The van der Waals surface area contributed by atoms with Crippen molar-refractivity contribution in [3.63, 3.8) is 0 Å². The third kappa shape index (κ3) is 2.04. The number of ether oxygens (including phenoxy) is 5. The zero-order chi connectivity index (χ0) is 15.0. The van der Waals surface area contributed by atoms with Crippen molar-refractivity contribution in [1.82, 2.24) is 0 Å². The van der Waals surface area contributed by atoms with Gasteiger partial charge in [-0.15, -0.1) is 0 Å². The van der Waals surface area contributed by atoms with Crippen LogP contribution in [-0.4, -0.2) is 48.6 Å². The van der Waals surface area contributed by atoms with Crippen LogP contribution in [0.4, 0.5) is 0 Å². The minimum Gasteiger partial charge on any atom is -0.459 e. The number of carbonyl (C=O) groups excluding carboxylic acids is 1. The molecule has 0 aliphatic carbocycles. The Kier molecular flexibility index (Phi) is 2.78. The molecule has 118 valence electrons. The van der Waals surface area contributed by atoms with Crippen molar-refractivity contribution in [1.29, 1.82) is 0 Å². The first-order chi connectivity index (χ1) is 9.77. The maximum atomic E-state index is 11.9. The summed E-state index contributed by atoms with van der Waals surface area (Å²) < 4.78 is 29.3. The fourth-order valence-corrected chi connectivity index (χ4v) is 4.18. The van der Waals surface area contributed by atoms with Crippen LogP contribution in [-0.2, 0) is 28.5 Å². The topological polar surface area (TPSA) is 63.2 Å². The molecule has 0 unspecified atom stereocenters. The maximum Gasteiger partial charge on any atom is 0.306 e. The highest BCUT2D eigenvalue weighted by molar-refractivity contribution is 5.71. The van der Waals surface area contributed by atoms with Crippen molar-refractivity contribution < 1.29 is 28.5 Å². The highest BCUT2D eigenvalue weighted by Gasteiger charge is 2.62. The second-order valence-electron chi connectivity index (χ2n) is 7.42. The minimum atomic E-state index is -0.648. The van der Waals surface area contributed by atoms with Gasteiger partial charge in [0.1, 0.15) is 17.8 Å². The monoisotopic (exact) mass is 298 g/mol. The number of cyclic esters (lactones) is 1. The van der Waals surface area contributed by atoms with E-state index in [4.69, 9.17) is 23.7 Å². The van der Waals surface area contributed by atoms with Gasteiger partial charge in [0.2, 0.25) is 0 Å². The second kappa shape index (κ2) is 4.19. The van der Waals surface area contributed by atoms with Crippen LogP contribution in [0.15, 0.2) is 0 Å². The molecule has 4 rings (SSSR count). The van der Waals surface area contributed by atoms with E-state index >= 15 is 0 Å². The molecule has 0 aromatic rings. The lowest BCUT2D eigenvalue weighted by molar-refractivity contribution is -0.259. The molecule has 0 radical (unpaired) electrons. The van der Waals surface area contributed by atoms with Crippen LogP contribution < -0.4 is 0 Å². The zero-order valence-corrected chi connectivity index (χ0v) is 12.8. The highest BCUT2D eigenvalue weighted by Crippen LogP contribution is 2.49. The molecule has 4 saturated heterocycles. The Morgan fingerprint density at radius 3 is 2.57 bits per heavy atom. The van der Waals surface area contributed by atoms with Crippen molar-refractivity contribution in [2.45, 2.75) is 70.1 Å².